The summed E-state index contributed by atoms with van der Waals surface area (Å²) in [5.74, 6) is 1.84. The lowest BCUT2D eigenvalue weighted by atomic mass is 9.38. The summed E-state index contributed by atoms with van der Waals surface area (Å²) in [5, 5.41) is 0. The molecule has 3 atom stereocenters. The molecule has 20 heavy (non-hydrogen) atoms. The molecule has 0 aromatic heterocycles. The molecular formula is C19H33N. The topological polar surface area (TPSA) is 26.0 Å². The first-order chi connectivity index (χ1) is 9.42. The number of hydrogen-bond acceptors (Lipinski definition) is 1. The fourth-order valence-corrected chi connectivity index (χ4v) is 7.90. The molecule has 0 heterocycles. The molecule has 3 unspecified atom stereocenters. The molecule has 0 spiro atoms. The van der Waals surface area contributed by atoms with E-state index in [1.807, 2.05) is 0 Å². The molecule has 0 aromatic rings. The van der Waals surface area contributed by atoms with Crippen LogP contribution in [0.25, 0.3) is 0 Å². The van der Waals surface area contributed by atoms with Crippen molar-refractivity contribution in [3.8, 4) is 0 Å². The van der Waals surface area contributed by atoms with E-state index >= 15 is 0 Å². The van der Waals surface area contributed by atoms with E-state index in [2.05, 4.69) is 13.8 Å². The van der Waals surface area contributed by atoms with Crippen molar-refractivity contribution >= 4 is 0 Å². The van der Waals surface area contributed by atoms with Crippen molar-refractivity contribution in [3.63, 3.8) is 0 Å². The lowest BCUT2D eigenvalue weighted by molar-refractivity contribution is -0.160. The van der Waals surface area contributed by atoms with Gasteiger partial charge in [0.2, 0.25) is 0 Å². The Morgan fingerprint density at radius 2 is 1.45 bits per heavy atom. The molecular weight excluding hydrogens is 242 g/mol. The molecule has 0 amide bonds. The average Bonchev–Trinajstić information content (AvgIpc) is 2.34. The summed E-state index contributed by atoms with van der Waals surface area (Å²) >= 11 is 0. The van der Waals surface area contributed by atoms with Gasteiger partial charge in [0.15, 0.2) is 0 Å². The van der Waals surface area contributed by atoms with E-state index in [9.17, 15) is 0 Å². The summed E-state index contributed by atoms with van der Waals surface area (Å²) in [7, 11) is 0. The molecule has 2 N–H and O–H groups in total. The fourth-order valence-electron chi connectivity index (χ4n) is 7.90. The second-order valence-electron chi connectivity index (χ2n) is 9.92. The summed E-state index contributed by atoms with van der Waals surface area (Å²) in [6, 6.07) is 0.504. The lowest BCUT2D eigenvalue weighted by Gasteiger charge is -2.67. The quantitative estimate of drug-likeness (QED) is 0.763. The van der Waals surface area contributed by atoms with E-state index in [1.165, 1.54) is 70.6 Å². The first kappa shape index (κ1) is 13.6. The minimum Gasteiger partial charge on any atom is -0.327 e. The Labute approximate surface area is 125 Å². The Bertz CT molecular complexity index is 377. The van der Waals surface area contributed by atoms with Crippen LogP contribution < -0.4 is 5.73 Å². The van der Waals surface area contributed by atoms with Gasteiger partial charge in [-0.25, -0.2) is 0 Å². The van der Waals surface area contributed by atoms with E-state index in [4.69, 9.17) is 5.73 Å². The van der Waals surface area contributed by atoms with Crippen LogP contribution in [-0.2, 0) is 0 Å². The SMILES string of the molecule is CC12CC3CC(C)(C1)CC(C(N)C1CCCCC1)(C3)C2. The smallest absolute Gasteiger partial charge is 0.0124 e. The predicted octanol–water partition coefficient (Wildman–Crippen LogP) is 4.89. The molecule has 0 radical (unpaired) electrons. The largest absolute Gasteiger partial charge is 0.327 e. The van der Waals surface area contributed by atoms with Gasteiger partial charge >= 0.3 is 0 Å². The van der Waals surface area contributed by atoms with Crippen molar-refractivity contribution in [1.29, 1.82) is 0 Å². The van der Waals surface area contributed by atoms with Crippen molar-refractivity contribution in [2.75, 3.05) is 0 Å². The van der Waals surface area contributed by atoms with Gasteiger partial charge in [0.1, 0.15) is 0 Å². The van der Waals surface area contributed by atoms with Crippen molar-refractivity contribution < 1.29 is 0 Å². The van der Waals surface area contributed by atoms with Crippen LogP contribution in [0.1, 0.15) is 84.5 Å². The zero-order valence-electron chi connectivity index (χ0n) is 13.6. The maximum atomic E-state index is 6.97. The Kier molecular flexibility index (Phi) is 2.89. The first-order valence-electron chi connectivity index (χ1n) is 9.18. The molecule has 5 fully saturated rings. The van der Waals surface area contributed by atoms with Crippen LogP contribution in [0.4, 0.5) is 0 Å². The van der Waals surface area contributed by atoms with E-state index in [0.29, 0.717) is 22.3 Å². The lowest BCUT2D eigenvalue weighted by Crippen LogP contribution is -2.62. The summed E-state index contributed by atoms with van der Waals surface area (Å²) in [5.41, 5.74) is 8.73. The molecule has 1 nitrogen and oxygen atoms in total. The van der Waals surface area contributed by atoms with Gasteiger partial charge in [-0.05, 0) is 79.4 Å². The molecule has 114 valence electrons. The van der Waals surface area contributed by atoms with E-state index in [-0.39, 0.29) is 0 Å². The molecule has 0 aromatic carbocycles. The van der Waals surface area contributed by atoms with Crippen LogP contribution in [0, 0.1) is 28.1 Å². The van der Waals surface area contributed by atoms with Crippen LogP contribution >= 0.6 is 0 Å². The molecule has 5 rings (SSSR count). The van der Waals surface area contributed by atoms with Crippen LogP contribution in [0.15, 0.2) is 0 Å². The molecule has 0 aliphatic heterocycles. The summed E-state index contributed by atoms with van der Waals surface area (Å²) < 4.78 is 0. The molecule has 5 saturated carbocycles. The number of nitrogens with two attached hydrogens (primary N) is 1. The highest BCUT2D eigenvalue weighted by molar-refractivity contribution is 5.13. The van der Waals surface area contributed by atoms with Gasteiger partial charge in [0.05, 0.1) is 0 Å². The van der Waals surface area contributed by atoms with Crippen LogP contribution in [0.5, 0.6) is 0 Å². The second kappa shape index (κ2) is 4.24. The Hall–Kier alpha value is -0.0400. The van der Waals surface area contributed by atoms with E-state index in [1.54, 1.807) is 0 Å². The normalized spacial score (nSPS) is 53.2. The van der Waals surface area contributed by atoms with E-state index in [0.717, 1.165) is 11.8 Å². The second-order valence-corrected chi connectivity index (χ2v) is 9.92. The highest BCUT2D eigenvalue weighted by Gasteiger charge is 2.62. The molecule has 4 bridgehead atoms. The minimum absolute atomic E-state index is 0.504. The third-order valence-electron chi connectivity index (χ3n) is 7.53. The van der Waals surface area contributed by atoms with Crippen molar-refractivity contribution in [2.24, 2.45) is 33.8 Å². The minimum atomic E-state index is 0.504. The van der Waals surface area contributed by atoms with Gasteiger partial charge in [-0.2, -0.15) is 0 Å². The van der Waals surface area contributed by atoms with E-state index < -0.39 is 0 Å². The maximum Gasteiger partial charge on any atom is 0.0124 e. The Morgan fingerprint density at radius 1 is 0.850 bits per heavy atom. The fraction of sp³-hybridized carbons (Fsp3) is 1.00. The molecule has 5 aliphatic rings. The molecule has 5 aliphatic carbocycles. The van der Waals surface area contributed by atoms with Gasteiger partial charge in [0, 0.05) is 6.04 Å². The van der Waals surface area contributed by atoms with Gasteiger partial charge in [0.25, 0.3) is 0 Å². The van der Waals surface area contributed by atoms with Crippen LogP contribution in [-0.4, -0.2) is 6.04 Å². The molecule has 1 heteroatoms. The highest BCUT2D eigenvalue weighted by atomic mass is 14.8. The van der Waals surface area contributed by atoms with Gasteiger partial charge in [-0.1, -0.05) is 33.1 Å². The summed E-state index contributed by atoms with van der Waals surface area (Å²) in [6.45, 7) is 5.16. The third-order valence-corrected chi connectivity index (χ3v) is 7.53. The standard InChI is InChI=1S/C19H33N/c1-17-8-14-9-18(2,11-17)13-19(10-14,12-17)16(20)15-6-4-3-5-7-15/h14-16H,3-13,20H2,1-2H3. The van der Waals surface area contributed by atoms with Crippen molar-refractivity contribution in [3.05, 3.63) is 0 Å². The Morgan fingerprint density at radius 3 is 2.00 bits per heavy atom. The van der Waals surface area contributed by atoms with Crippen LogP contribution in [0.2, 0.25) is 0 Å². The first-order valence-corrected chi connectivity index (χ1v) is 9.18. The maximum absolute atomic E-state index is 6.97. The number of rotatable bonds is 2. The highest BCUT2D eigenvalue weighted by Crippen LogP contribution is 2.70. The average molecular weight is 275 g/mol. The zero-order valence-corrected chi connectivity index (χ0v) is 13.6. The molecule has 0 saturated heterocycles. The zero-order chi connectivity index (χ0) is 14.0. The monoisotopic (exact) mass is 275 g/mol. The van der Waals surface area contributed by atoms with Crippen molar-refractivity contribution in [1.82, 2.24) is 0 Å². The Balaban J connectivity index is 1.63. The summed E-state index contributed by atoms with van der Waals surface area (Å²) in [4.78, 5) is 0. The van der Waals surface area contributed by atoms with Crippen LogP contribution in [0.3, 0.4) is 0 Å². The predicted molar refractivity (Wildman–Crippen MR) is 84.4 cm³/mol. The third kappa shape index (κ3) is 1.99. The summed E-state index contributed by atoms with van der Waals surface area (Å²) in [6.07, 6.45) is 16.0. The van der Waals surface area contributed by atoms with Crippen molar-refractivity contribution in [2.45, 2.75) is 90.5 Å². The van der Waals surface area contributed by atoms with Gasteiger partial charge in [-0.3, -0.25) is 0 Å². The van der Waals surface area contributed by atoms with Gasteiger partial charge < -0.3 is 5.73 Å². The van der Waals surface area contributed by atoms with Gasteiger partial charge in [-0.15, -0.1) is 0 Å². The number of hydrogen-bond donors (Lipinski definition) is 1.